The van der Waals surface area contributed by atoms with Crippen LogP contribution in [-0.2, 0) is 0 Å². The second-order valence-corrected chi connectivity index (χ2v) is 6.54. The van der Waals surface area contributed by atoms with Crippen LogP contribution in [0.1, 0.15) is 40.5 Å². The summed E-state index contributed by atoms with van der Waals surface area (Å²) in [5, 5.41) is 0. The van der Waals surface area contributed by atoms with E-state index >= 15 is 0 Å². The molecule has 2 aliphatic heterocycles. The van der Waals surface area contributed by atoms with Crippen molar-refractivity contribution in [3.63, 3.8) is 0 Å². The third-order valence-corrected chi connectivity index (χ3v) is 5.40. The van der Waals surface area contributed by atoms with Crippen LogP contribution in [0.3, 0.4) is 0 Å². The Morgan fingerprint density at radius 1 is 1.20 bits per heavy atom. The average Bonchev–Trinajstić information content (AvgIpc) is 2.41. The molecule has 3 heteroatoms. The summed E-state index contributed by atoms with van der Waals surface area (Å²) in [4.78, 5) is 2.61. The smallest absolute Gasteiger partial charge is 0.0475 e. The van der Waals surface area contributed by atoms with E-state index in [0.29, 0.717) is 11.5 Å². The van der Waals surface area contributed by atoms with Gasteiger partial charge in [0.05, 0.1) is 0 Å². The van der Waals surface area contributed by atoms with Crippen molar-refractivity contribution in [2.45, 2.75) is 52.1 Å². The molecule has 2 atom stereocenters. The van der Waals surface area contributed by atoms with Gasteiger partial charge >= 0.3 is 0 Å². The van der Waals surface area contributed by atoms with Crippen molar-refractivity contribution < 1.29 is 0 Å². The first-order chi connectivity index (χ1) is 6.89. The Balaban J connectivity index is 2.26. The highest BCUT2D eigenvalue weighted by atomic mass is 32.1. The van der Waals surface area contributed by atoms with Gasteiger partial charge in [0.1, 0.15) is 0 Å². The number of thiol groups is 1. The van der Waals surface area contributed by atoms with Crippen LogP contribution in [0.2, 0.25) is 0 Å². The molecular formula is C12H24N2S. The van der Waals surface area contributed by atoms with Crippen molar-refractivity contribution in [2.75, 3.05) is 19.6 Å². The maximum absolute atomic E-state index is 4.69. The minimum absolute atomic E-state index is 0.263. The van der Waals surface area contributed by atoms with Crippen LogP contribution in [0, 0.1) is 5.41 Å². The summed E-state index contributed by atoms with van der Waals surface area (Å²) in [6.45, 7) is 13.0. The molecule has 0 spiro atoms. The Labute approximate surface area is 99.6 Å². The lowest BCUT2D eigenvalue weighted by atomic mass is 9.69. The molecule has 0 aliphatic carbocycles. The molecule has 0 saturated carbocycles. The Kier molecular flexibility index (Phi) is 2.85. The number of piperidine rings is 1. The Hall–Kier alpha value is 0.270. The fraction of sp³-hybridized carbons (Fsp3) is 1.00. The summed E-state index contributed by atoms with van der Waals surface area (Å²) in [6, 6.07) is 0.658. The average molecular weight is 228 g/mol. The number of hydrogen-bond acceptors (Lipinski definition) is 3. The van der Waals surface area contributed by atoms with E-state index in [1.54, 1.807) is 0 Å². The molecule has 2 nitrogen and oxygen atoms in total. The van der Waals surface area contributed by atoms with Crippen LogP contribution in [0.4, 0.5) is 0 Å². The lowest BCUT2D eigenvalue weighted by Gasteiger charge is -2.49. The Morgan fingerprint density at radius 3 is 2.40 bits per heavy atom. The summed E-state index contributed by atoms with van der Waals surface area (Å²) in [7, 11) is 0. The molecule has 15 heavy (non-hydrogen) atoms. The van der Waals surface area contributed by atoms with Gasteiger partial charge in [-0.05, 0) is 33.6 Å². The second kappa shape index (κ2) is 3.64. The fourth-order valence-corrected chi connectivity index (χ4v) is 3.68. The van der Waals surface area contributed by atoms with E-state index in [1.165, 1.54) is 25.9 Å². The van der Waals surface area contributed by atoms with Crippen molar-refractivity contribution in [3.8, 4) is 0 Å². The monoisotopic (exact) mass is 228 g/mol. The first-order valence-corrected chi connectivity index (χ1v) is 6.50. The predicted molar refractivity (Wildman–Crippen MR) is 68.1 cm³/mol. The van der Waals surface area contributed by atoms with E-state index in [0.717, 1.165) is 6.54 Å². The lowest BCUT2D eigenvalue weighted by Crippen LogP contribution is -2.56. The number of likely N-dealkylation sites (tertiary alicyclic amines) is 1. The quantitative estimate of drug-likeness (QED) is 0.689. The summed E-state index contributed by atoms with van der Waals surface area (Å²) in [5.41, 5.74) is 0.690. The van der Waals surface area contributed by atoms with Gasteiger partial charge in [0, 0.05) is 36.6 Å². The number of fused-ring (bicyclic) bond motifs is 1. The summed E-state index contributed by atoms with van der Waals surface area (Å²) in [6.07, 6.45) is 2.64. The van der Waals surface area contributed by atoms with E-state index in [2.05, 4.69) is 36.9 Å². The molecule has 88 valence electrons. The molecule has 0 unspecified atom stereocenters. The highest BCUT2D eigenvalue weighted by Crippen LogP contribution is 2.50. The summed E-state index contributed by atoms with van der Waals surface area (Å²) in [5.74, 6) is 0. The zero-order valence-electron chi connectivity index (χ0n) is 10.5. The molecule has 0 aromatic heterocycles. The molecule has 0 radical (unpaired) electrons. The second-order valence-electron chi connectivity index (χ2n) is 6.06. The van der Waals surface area contributed by atoms with Gasteiger partial charge in [-0.15, -0.1) is 0 Å². The van der Waals surface area contributed by atoms with Gasteiger partial charge < -0.3 is 0 Å². The fourth-order valence-electron chi connectivity index (χ4n) is 3.23. The highest BCUT2D eigenvalue weighted by Gasteiger charge is 2.56. The van der Waals surface area contributed by atoms with Crippen LogP contribution in [0.25, 0.3) is 0 Å². The standard InChI is InChI=1S/C12H24N2S/c1-10(2)13-8-11(3)6-5-7-14(15)12(11,4)9-13/h10,15H,5-9H2,1-4H3/t11-,12+/m0/s1. The van der Waals surface area contributed by atoms with Gasteiger partial charge in [0.2, 0.25) is 0 Å². The van der Waals surface area contributed by atoms with Crippen molar-refractivity contribution in [3.05, 3.63) is 0 Å². The van der Waals surface area contributed by atoms with Crippen molar-refractivity contribution in [1.82, 2.24) is 9.21 Å². The van der Waals surface area contributed by atoms with Crippen LogP contribution in [-0.4, -0.2) is 40.4 Å². The molecule has 0 N–H and O–H groups in total. The van der Waals surface area contributed by atoms with Crippen LogP contribution < -0.4 is 0 Å². The minimum atomic E-state index is 0.263. The molecule has 2 fully saturated rings. The lowest BCUT2D eigenvalue weighted by molar-refractivity contribution is 0.0551. The highest BCUT2D eigenvalue weighted by molar-refractivity contribution is 7.77. The van der Waals surface area contributed by atoms with Gasteiger partial charge in [0.15, 0.2) is 0 Å². The van der Waals surface area contributed by atoms with Crippen molar-refractivity contribution in [1.29, 1.82) is 0 Å². The SMILES string of the molecule is CC(C)N1C[C@]2(C)CCCN(S)[C@]2(C)C1. The Bertz CT molecular complexity index is 256. The van der Waals surface area contributed by atoms with Crippen LogP contribution in [0.15, 0.2) is 0 Å². The normalized spacial score (nSPS) is 43.6. The topological polar surface area (TPSA) is 6.48 Å². The van der Waals surface area contributed by atoms with Crippen molar-refractivity contribution >= 4 is 12.8 Å². The van der Waals surface area contributed by atoms with Gasteiger partial charge in [-0.3, -0.25) is 4.90 Å². The van der Waals surface area contributed by atoms with Crippen LogP contribution >= 0.6 is 12.8 Å². The van der Waals surface area contributed by atoms with Gasteiger partial charge in [-0.1, -0.05) is 19.7 Å². The first-order valence-electron chi connectivity index (χ1n) is 6.10. The third kappa shape index (κ3) is 1.63. The Morgan fingerprint density at radius 2 is 1.87 bits per heavy atom. The zero-order chi connectivity index (χ0) is 11.3. The summed E-state index contributed by atoms with van der Waals surface area (Å²) < 4.78 is 2.29. The molecule has 0 aromatic rings. The summed E-state index contributed by atoms with van der Waals surface area (Å²) >= 11 is 4.69. The van der Waals surface area contributed by atoms with Gasteiger partial charge in [0.25, 0.3) is 0 Å². The number of rotatable bonds is 1. The van der Waals surface area contributed by atoms with E-state index in [9.17, 15) is 0 Å². The number of nitrogens with zero attached hydrogens (tertiary/aromatic N) is 2. The predicted octanol–water partition coefficient (Wildman–Crippen LogP) is 2.42. The van der Waals surface area contributed by atoms with Crippen molar-refractivity contribution in [2.24, 2.45) is 5.41 Å². The largest absolute Gasteiger partial charge is 0.298 e. The molecule has 0 aromatic carbocycles. The van der Waals surface area contributed by atoms with E-state index < -0.39 is 0 Å². The van der Waals surface area contributed by atoms with Gasteiger partial charge in [-0.2, -0.15) is 0 Å². The van der Waals surface area contributed by atoms with Crippen LogP contribution in [0.5, 0.6) is 0 Å². The molecule has 2 rings (SSSR count). The van der Waals surface area contributed by atoms with E-state index in [1.807, 2.05) is 0 Å². The van der Waals surface area contributed by atoms with Gasteiger partial charge in [-0.25, -0.2) is 4.31 Å². The molecule has 0 amide bonds. The molecular weight excluding hydrogens is 204 g/mol. The maximum atomic E-state index is 4.69. The molecule has 0 bridgehead atoms. The van der Waals surface area contributed by atoms with E-state index in [4.69, 9.17) is 12.8 Å². The van der Waals surface area contributed by atoms with E-state index in [-0.39, 0.29) is 5.54 Å². The molecule has 2 heterocycles. The zero-order valence-corrected chi connectivity index (χ0v) is 11.3. The third-order valence-electron chi connectivity index (χ3n) is 4.76. The minimum Gasteiger partial charge on any atom is -0.298 e. The molecule has 2 saturated heterocycles. The first kappa shape index (κ1) is 11.7. The number of hydrogen-bond donors (Lipinski definition) is 1. The molecule has 2 aliphatic rings. The maximum Gasteiger partial charge on any atom is 0.0475 e.